The average molecular weight is 379 g/mol. The van der Waals surface area contributed by atoms with E-state index < -0.39 is 11.6 Å². The number of amides is 1. The largest absolute Gasteiger partial charge is 0.338 e. The van der Waals surface area contributed by atoms with Crippen LogP contribution in [0.4, 0.5) is 8.78 Å². The lowest BCUT2D eigenvalue weighted by atomic mass is 9.94. The summed E-state index contributed by atoms with van der Waals surface area (Å²) in [4.78, 5) is 23.5. The molecule has 1 saturated heterocycles. The molecular formula is C22H19F2N3O. The number of likely N-dealkylation sites (tertiary alicyclic amines) is 1. The topological polar surface area (TPSA) is 46.1 Å². The summed E-state index contributed by atoms with van der Waals surface area (Å²) in [6.07, 6.45) is 3.47. The number of carbonyl (C=O) groups excluding carboxylic acids is 1. The van der Waals surface area contributed by atoms with E-state index in [0.29, 0.717) is 18.9 Å². The maximum Gasteiger partial charge on any atom is 0.253 e. The third-order valence-electron chi connectivity index (χ3n) is 5.00. The van der Waals surface area contributed by atoms with Gasteiger partial charge in [-0.3, -0.25) is 4.79 Å². The number of rotatable bonds is 3. The number of hydrogen-bond donors (Lipinski definition) is 0. The molecule has 4 nitrogen and oxygen atoms in total. The molecule has 1 aliphatic heterocycles. The van der Waals surface area contributed by atoms with Gasteiger partial charge >= 0.3 is 0 Å². The van der Waals surface area contributed by atoms with Crippen LogP contribution in [0.25, 0.3) is 11.4 Å². The van der Waals surface area contributed by atoms with E-state index in [-0.39, 0.29) is 17.4 Å². The summed E-state index contributed by atoms with van der Waals surface area (Å²) in [7, 11) is 0. The monoisotopic (exact) mass is 379 g/mol. The lowest BCUT2D eigenvalue weighted by molar-refractivity contribution is 0.0705. The van der Waals surface area contributed by atoms with Crippen molar-refractivity contribution in [2.24, 2.45) is 0 Å². The molecule has 0 radical (unpaired) electrons. The molecule has 28 heavy (non-hydrogen) atoms. The van der Waals surface area contributed by atoms with Crippen molar-refractivity contribution in [2.75, 3.05) is 13.1 Å². The van der Waals surface area contributed by atoms with Gasteiger partial charge in [0.15, 0.2) is 17.5 Å². The molecule has 4 rings (SSSR count). The fourth-order valence-electron chi connectivity index (χ4n) is 3.54. The van der Waals surface area contributed by atoms with E-state index in [9.17, 15) is 13.6 Å². The molecule has 6 heteroatoms. The van der Waals surface area contributed by atoms with Gasteiger partial charge in [-0.2, -0.15) is 0 Å². The first kappa shape index (κ1) is 18.2. The van der Waals surface area contributed by atoms with Gasteiger partial charge in [-0.15, -0.1) is 0 Å². The van der Waals surface area contributed by atoms with Crippen molar-refractivity contribution in [3.8, 4) is 11.4 Å². The smallest absolute Gasteiger partial charge is 0.253 e. The Hall–Kier alpha value is -3.15. The van der Waals surface area contributed by atoms with Crippen LogP contribution in [0.5, 0.6) is 0 Å². The number of hydrogen-bond acceptors (Lipinski definition) is 3. The van der Waals surface area contributed by atoms with E-state index in [1.807, 2.05) is 36.4 Å². The summed E-state index contributed by atoms with van der Waals surface area (Å²) in [6, 6.07) is 14.9. The van der Waals surface area contributed by atoms with Crippen LogP contribution < -0.4 is 0 Å². The van der Waals surface area contributed by atoms with E-state index in [2.05, 4.69) is 4.98 Å². The van der Waals surface area contributed by atoms with Crippen molar-refractivity contribution >= 4 is 5.91 Å². The number of nitrogens with zero attached hydrogens (tertiary/aromatic N) is 3. The van der Waals surface area contributed by atoms with E-state index in [1.54, 1.807) is 11.1 Å². The van der Waals surface area contributed by atoms with Crippen LogP contribution in [0.3, 0.4) is 0 Å². The van der Waals surface area contributed by atoms with Gasteiger partial charge < -0.3 is 4.90 Å². The summed E-state index contributed by atoms with van der Waals surface area (Å²) < 4.78 is 26.6. The van der Waals surface area contributed by atoms with Crippen LogP contribution >= 0.6 is 0 Å². The molecule has 0 bridgehead atoms. The molecule has 1 atom stereocenters. The Morgan fingerprint density at radius 1 is 1.04 bits per heavy atom. The van der Waals surface area contributed by atoms with Crippen molar-refractivity contribution in [1.82, 2.24) is 14.9 Å². The summed E-state index contributed by atoms with van der Waals surface area (Å²) in [5, 5.41) is 0. The van der Waals surface area contributed by atoms with Crippen molar-refractivity contribution in [2.45, 2.75) is 18.8 Å². The zero-order valence-corrected chi connectivity index (χ0v) is 15.2. The Labute approximate surface area is 161 Å². The molecule has 142 valence electrons. The van der Waals surface area contributed by atoms with Gasteiger partial charge in [-0.05, 0) is 37.1 Å². The lowest BCUT2D eigenvalue weighted by Crippen LogP contribution is -2.39. The Balaban J connectivity index is 1.54. The Morgan fingerprint density at radius 2 is 1.86 bits per heavy atom. The van der Waals surface area contributed by atoms with E-state index >= 15 is 0 Å². The van der Waals surface area contributed by atoms with Gasteiger partial charge in [-0.25, -0.2) is 18.7 Å². The molecule has 1 aromatic heterocycles. The van der Waals surface area contributed by atoms with Crippen molar-refractivity contribution in [3.63, 3.8) is 0 Å². The minimum absolute atomic E-state index is 0.0773. The number of aromatic nitrogens is 2. The van der Waals surface area contributed by atoms with Crippen LogP contribution in [-0.4, -0.2) is 33.9 Å². The number of benzene rings is 2. The molecule has 0 N–H and O–H groups in total. The summed E-state index contributed by atoms with van der Waals surface area (Å²) in [5.41, 5.74) is 1.98. The quantitative estimate of drug-likeness (QED) is 0.676. The van der Waals surface area contributed by atoms with Crippen molar-refractivity contribution in [1.29, 1.82) is 0 Å². The maximum absolute atomic E-state index is 13.5. The van der Waals surface area contributed by atoms with Gasteiger partial charge in [0.25, 0.3) is 5.91 Å². The van der Waals surface area contributed by atoms with Crippen molar-refractivity contribution < 1.29 is 13.6 Å². The SMILES string of the molecule is O=C(c1ccc(F)c(F)c1)N1CCC[C@@H](c2ccnc(-c3ccccc3)n2)C1. The highest BCUT2D eigenvalue weighted by atomic mass is 19.2. The van der Waals surface area contributed by atoms with Gasteiger partial charge in [0, 0.05) is 42.0 Å². The minimum Gasteiger partial charge on any atom is -0.338 e. The Bertz CT molecular complexity index is 994. The highest BCUT2D eigenvalue weighted by Crippen LogP contribution is 2.28. The van der Waals surface area contributed by atoms with Crippen LogP contribution in [0, 0.1) is 11.6 Å². The normalized spacial score (nSPS) is 16.8. The molecule has 0 saturated carbocycles. The van der Waals surface area contributed by atoms with Gasteiger partial charge in [-0.1, -0.05) is 30.3 Å². The van der Waals surface area contributed by atoms with Crippen molar-refractivity contribution in [3.05, 3.63) is 83.7 Å². The van der Waals surface area contributed by atoms with Crippen LogP contribution in [0.15, 0.2) is 60.8 Å². The molecule has 1 aliphatic rings. The average Bonchev–Trinajstić information content (AvgIpc) is 2.76. The van der Waals surface area contributed by atoms with Gasteiger partial charge in [0.2, 0.25) is 0 Å². The predicted octanol–water partition coefficient (Wildman–Crippen LogP) is 4.44. The van der Waals surface area contributed by atoms with E-state index in [0.717, 1.165) is 36.2 Å². The third-order valence-corrected chi connectivity index (χ3v) is 5.00. The first-order valence-corrected chi connectivity index (χ1v) is 9.24. The molecule has 1 fully saturated rings. The van der Waals surface area contributed by atoms with Gasteiger partial charge in [0.1, 0.15) is 0 Å². The maximum atomic E-state index is 13.5. The first-order chi connectivity index (χ1) is 13.6. The van der Waals surface area contributed by atoms with Crippen LogP contribution in [0.2, 0.25) is 0 Å². The molecule has 0 spiro atoms. The first-order valence-electron chi connectivity index (χ1n) is 9.24. The second kappa shape index (κ2) is 7.84. The fourth-order valence-corrected chi connectivity index (χ4v) is 3.54. The molecule has 1 amide bonds. The zero-order chi connectivity index (χ0) is 19.5. The summed E-state index contributed by atoms with van der Waals surface area (Å²) >= 11 is 0. The minimum atomic E-state index is -1.01. The molecule has 0 unspecified atom stereocenters. The molecule has 2 aromatic carbocycles. The Morgan fingerprint density at radius 3 is 2.64 bits per heavy atom. The molecule has 2 heterocycles. The second-order valence-electron chi connectivity index (χ2n) is 6.89. The van der Waals surface area contributed by atoms with E-state index in [1.165, 1.54) is 6.07 Å². The number of halogens is 2. The number of carbonyl (C=O) groups is 1. The second-order valence-corrected chi connectivity index (χ2v) is 6.89. The Kier molecular flexibility index (Phi) is 5.10. The molecule has 0 aliphatic carbocycles. The van der Waals surface area contributed by atoms with Gasteiger partial charge in [0.05, 0.1) is 0 Å². The summed E-state index contributed by atoms with van der Waals surface area (Å²) in [5.74, 6) is -1.53. The molecular weight excluding hydrogens is 360 g/mol. The van der Waals surface area contributed by atoms with E-state index in [4.69, 9.17) is 4.98 Å². The summed E-state index contributed by atoms with van der Waals surface area (Å²) in [6.45, 7) is 1.08. The zero-order valence-electron chi connectivity index (χ0n) is 15.2. The fraction of sp³-hybridized carbons (Fsp3) is 0.227. The highest BCUT2D eigenvalue weighted by Gasteiger charge is 2.27. The third kappa shape index (κ3) is 3.76. The lowest BCUT2D eigenvalue weighted by Gasteiger charge is -2.32. The predicted molar refractivity (Wildman–Crippen MR) is 102 cm³/mol. The number of piperidine rings is 1. The molecule has 3 aromatic rings. The standard InChI is InChI=1S/C22H19F2N3O/c23-18-9-8-16(13-19(18)24)22(28)27-12-4-7-17(14-27)20-10-11-25-21(26-20)15-5-2-1-3-6-15/h1-3,5-6,8-11,13,17H,4,7,12,14H2/t17-/m1/s1. The highest BCUT2D eigenvalue weighted by molar-refractivity contribution is 5.94. The van der Waals surface area contributed by atoms with Crippen LogP contribution in [-0.2, 0) is 0 Å². The van der Waals surface area contributed by atoms with Crippen LogP contribution in [0.1, 0.15) is 34.8 Å².